The van der Waals surface area contributed by atoms with E-state index in [2.05, 4.69) is 5.32 Å². The molecule has 1 atom stereocenters. The molecule has 3 aromatic rings. The maximum absolute atomic E-state index is 12.0. The molecular formula is C22H23NO4. The second-order valence-electron chi connectivity index (χ2n) is 6.89. The van der Waals surface area contributed by atoms with Gasteiger partial charge in [-0.2, -0.15) is 0 Å². The maximum Gasteiger partial charge on any atom is 0.336 e. The number of fused-ring (bicyclic) bond motifs is 1. The molecule has 5 nitrogen and oxygen atoms in total. The molecule has 0 aliphatic heterocycles. The summed E-state index contributed by atoms with van der Waals surface area (Å²) in [5, 5.41) is 3.70. The quantitative estimate of drug-likeness (QED) is 0.671. The van der Waals surface area contributed by atoms with Crippen LogP contribution in [-0.4, -0.2) is 18.6 Å². The lowest BCUT2D eigenvalue weighted by Crippen LogP contribution is -2.38. The van der Waals surface area contributed by atoms with Crippen molar-refractivity contribution in [1.29, 1.82) is 0 Å². The molecule has 1 amide bonds. The van der Waals surface area contributed by atoms with Crippen LogP contribution in [0.25, 0.3) is 22.1 Å². The summed E-state index contributed by atoms with van der Waals surface area (Å²) < 4.78 is 10.9. The smallest absolute Gasteiger partial charge is 0.336 e. The third-order valence-electron chi connectivity index (χ3n) is 4.56. The van der Waals surface area contributed by atoms with Crippen LogP contribution < -0.4 is 15.7 Å². The number of carbonyl (C=O) groups is 1. The van der Waals surface area contributed by atoms with Crippen LogP contribution in [0, 0.1) is 5.92 Å². The van der Waals surface area contributed by atoms with Gasteiger partial charge >= 0.3 is 5.63 Å². The zero-order valence-corrected chi connectivity index (χ0v) is 15.7. The molecule has 0 fully saturated rings. The van der Waals surface area contributed by atoms with Gasteiger partial charge < -0.3 is 14.5 Å². The standard InChI is InChI=1S/C22H23NO4/c1-14(2)15(3)23-21(24)13-26-17-9-10-18-19(16-7-5-4-6-8-16)12-22(25)27-20(18)11-17/h4-12,14-15H,13H2,1-3H3,(H,23,24)/t15-/m0/s1. The van der Waals surface area contributed by atoms with Crippen LogP contribution in [0.2, 0.25) is 0 Å². The molecule has 1 aromatic heterocycles. The highest BCUT2D eigenvalue weighted by Crippen LogP contribution is 2.29. The van der Waals surface area contributed by atoms with Crippen molar-refractivity contribution < 1.29 is 13.9 Å². The molecule has 2 aromatic carbocycles. The third-order valence-corrected chi connectivity index (χ3v) is 4.56. The van der Waals surface area contributed by atoms with Gasteiger partial charge in [-0.05, 0) is 36.1 Å². The van der Waals surface area contributed by atoms with Gasteiger partial charge in [0.15, 0.2) is 6.61 Å². The number of carbonyl (C=O) groups excluding carboxylic acids is 1. The van der Waals surface area contributed by atoms with E-state index >= 15 is 0 Å². The Balaban J connectivity index is 1.82. The maximum atomic E-state index is 12.0. The molecule has 0 saturated carbocycles. The average molecular weight is 365 g/mol. The SMILES string of the molecule is CC(C)[C@H](C)NC(=O)COc1ccc2c(-c3ccccc3)cc(=O)oc2c1. The fourth-order valence-electron chi connectivity index (χ4n) is 2.70. The number of hydrogen-bond acceptors (Lipinski definition) is 4. The second kappa shape index (κ2) is 8.08. The summed E-state index contributed by atoms with van der Waals surface area (Å²) in [4.78, 5) is 23.9. The molecule has 0 saturated heterocycles. The Kier molecular flexibility index (Phi) is 5.60. The fourth-order valence-corrected chi connectivity index (χ4v) is 2.70. The zero-order valence-electron chi connectivity index (χ0n) is 15.7. The van der Waals surface area contributed by atoms with Gasteiger partial charge in [-0.3, -0.25) is 4.79 Å². The molecule has 1 heterocycles. The van der Waals surface area contributed by atoms with Gasteiger partial charge in [0.05, 0.1) is 0 Å². The molecule has 0 radical (unpaired) electrons. The minimum absolute atomic E-state index is 0.0733. The van der Waals surface area contributed by atoms with E-state index in [9.17, 15) is 9.59 Å². The van der Waals surface area contributed by atoms with E-state index in [1.807, 2.05) is 57.2 Å². The van der Waals surface area contributed by atoms with E-state index in [0.29, 0.717) is 17.3 Å². The summed E-state index contributed by atoms with van der Waals surface area (Å²) >= 11 is 0. The van der Waals surface area contributed by atoms with E-state index in [0.717, 1.165) is 16.5 Å². The monoisotopic (exact) mass is 365 g/mol. The van der Waals surface area contributed by atoms with Gasteiger partial charge in [0.1, 0.15) is 11.3 Å². The number of rotatable bonds is 6. The number of hydrogen-bond donors (Lipinski definition) is 1. The van der Waals surface area contributed by atoms with Crippen LogP contribution in [-0.2, 0) is 4.79 Å². The van der Waals surface area contributed by atoms with Crippen LogP contribution in [0.15, 0.2) is 63.8 Å². The van der Waals surface area contributed by atoms with Gasteiger partial charge in [-0.15, -0.1) is 0 Å². The van der Waals surface area contributed by atoms with Gasteiger partial charge in [0, 0.05) is 23.6 Å². The van der Waals surface area contributed by atoms with Crippen molar-refractivity contribution in [2.75, 3.05) is 6.61 Å². The van der Waals surface area contributed by atoms with Crippen molar-refractivity contribution in [3.05, 3.63) is 65.0 Å². The highest BCUT2D eigenvalue weighted by molar-refractivity contribution is 5.93. The van der Waals surface area contributed by atoms with Crippen molar-refractivity contribution in [2.45, 2.75) is 26.8 Å². The third kappa shape index (κ3) is 4.56. The first-order valence-corrected chi connectivity index (χ1v) is 8.99. The Bertz CT molecular complexity index is 992. The summed E-state index contributed by atoms with van der Waals surface area (Å²) in [5.74, 6) is 0.638. The van der Waals surface area contributed by atoms with Crippen molar-refractivity contribution >= 4 is 16.9 Å². The summed E-state index contributed by atoms with van der Waals surface area (Å²) in [6.07, 6.45) is 0. The number of benzene rings is 2. The van der Waals surface area contributed by atoms with Crippen LogP contribution >= 0.6 is 0 Å². The van der Waals surface area contributed by atoms with E-state index in [-0.39, 0.29) is 18.6 Å². The molecule has 0 aliphatic rings. The number of nitrogens with one attached hydrogen (secondary N) is 1. The van der Waals surface area contributed by atoms with Gasteiger partial charge in [0.25, 0.3) is 5.91 Å². The fraction of sp³-hybridized carbons (Fsp3) is 0.273. The molecule has 5 heteroatoms. The lowest BCUT2D eigenvalue weighted by molar-refractivity contribution is -0.124. The molecule has 0 aliphatic carbocycles. The summed E-state index contributed by atoms with van der Waals surface area (Å²) in [6.45, 7) is 5.95. The largest absolute Gasteiger partial charge is 0.484 e. The molecule has 3 rings (SSSR count). The van der Waals surface area contributed by atoms with Crippen molar-refractivity contribution in [3.63, 3.8) is 0 Å². The summed E-state index contributed by atoms with van der Waals surface area (Å²) in [7, 11) is 0. The van der Waals surface area contributed by atoms with Crippen LogP contribution in [0.1, 0.15) is 20.8 Å². The van der Waals surface area contributed by atoms with E-state index in [4.69, 9.17) is 9.15 Å². The zero-order chi connectivity index (χ0) is 19.4. The minimum Gasteiger partial charge on any atom is -0.484 e. The van der Waals surface area contributed by atoms with Gasteiger partial charge in [-0.25, -0.2) is 4.79 Å². The Labute approximate surface area is 158 Å². The van der Waals surface area contributed by atoms with Gasteiger partial charge in [-0.1, -0.05) is 44.2 Å². The minimum atomic E-state index is -0.429. The number of ether oxygens (including phenoxy) is 1. The van der Waals surface area contributed by atoms with Crippen LogP contribution in [0.5, 0.6) is 5.75 Å². The van der Waals surface area contributed by atoms with Crippen molar-refractivity contribution in [1.82, 2.24) is 5.32 Å². The first-order chi connectivity index (χ1) is 12.9. The first-order valence-electron chi connectivity index (χ1n) is 8.99. The predicted octanol–water partition coefficient (Wildman–Crippen LogP) is 4.00. The molecule has 27 heavy (non-hydrogen) atoms. The van der Waals surface area contributed by atoms with E-state index in [1.54, 1.807) is 12.1 Å². The molecule has 0 unspecified atom stereocenters. The summed E-state index contributed by atoms with van der Waals surface area (Å²) in [6, 6.07) is 16.5. The molecule has 0 spiro atoms. The highest BCUT2D eigenvalue weighted by atomic mass is 16.5. The number of amides is 1. The Morgan fingerprint density at radius 3 is 2.52 bits per heavy atom. The van der Waals surface area contributed by atoms with Crippen molar-refractivity contribution in [2.24, 2.45) is 5.92 Å². The lowest BCUT2D eigenvalue weighted by Gasteiger charge is -2.17. The average Bonchev–Trinajstić information content (AvgIpc) is 2.66. The van der Waals surface area contributed by atoms with Crippen LogP contribution in [0.4, 0.5) is 0 Å². The van der Waals surface area contributed by atoms with E-state index in [1.165, 1.54) is 6.07 Å². The summed E-state index contributed by atoms with van der Waals surface area (Å²) in [5.41, 5.74) is 1.74. The Hall–Kier alpha value is -3.08. The second-order valence-corrected chi connectivity index (χ2v) is 6.89. The molecule has 0 bridgehead atoms. The van der Waals surface area contributed by atoms with Crippen LogP contribution in [0.3, 0.4) is 0 Å². The highest BCUT2D eigenvalue weighted by Gasteiger charge is 2.12. The van der Waals surface area contributed by atoms with Crippen molar-refractivity contribution in [3.8, 4) is 16.9 Å². The molecular weight excluding hydrogens is 342 g/mol. The lowest BCUT2D eigenvalue weighted by atomic mass is 10.0. The Morgan fingerprint density at radius 1 is 1.07 bits per heavy atom. The van der Waals surface area contributed by atoms with Gasteiger partial charge in [0.2, 0.25) is 0 Å². The Morgan fingerprint density at radius 2 is 1.81 bits per heavy atom. The normalized spacial score (nSPS) is 12.1. The molecule has 140 valence electrons. The first kappa shape index (κ1) is 18.7. The van der Waals surface area contributed by atoms with E-state index < -0.39 is 5.63 Å². The predicted molar refractivity (Wildman–Crippen MR) is 106 cm³/mol. The topological polar surface area (TPSA) is 68.5 Å². The molecule has 1 N–H and O–H groups in total.